The van der Waals surface area contributed by atoms with E-state index in [1.54, 1.807) is 0 Å². The number of carbonyl (C=O) groups excluding carboxylic acids is 1. The number of thiocarbonyl (C=S) groups is 1. The summed E-state index contributed by atoms with van der Waals surface area (Å²) in [5, 5.41) is 2.90. The number of rotatable bonds is 6. The molecule has 0 aliphatic carbocycles. The molecule has 1 saturated heterocycles. The molecule has 23 heavy (non-hydrogen) atoms. The van der Waals surface area contributed by atoms with E-state index < -0.39 is 6.09 Å². The Balaban J connectivity index is 1.92. The Kier molecular flexibility index (Phi) is 6.59. The van der Waals surface area contributed by atoms with E-state index in [9.17, 15) is 4.79 Å². The van der Waals surface area contributed by atoms with Gasteiger partial charge in [-0.15, -0.1) is 6.58 Å². The van der Waals surface area contributed by atoms with Gasteiger partial charge in [0.05, 0.1) is 6.04 Å². The number of hydrogen-bond acceptors (Lipinski definition) is 3. The third kappa shape index (κ3) is 5.06. The minimum absolute atomic E-state index is 0.0485. The smallest absolute Gasteiger partial charge is 0.408 e. The summed E-state index contributed by atoms with van der Waals surface area (Å²) >= 11 is 5.58. The monoisotopic (exact) mass is 332 g/mol. The van der Waals surface area contributed by atoms with Gasteiger partial charge in [0, 0.05) is 19.0 Å². The van der Waals surface area contributed by atoms with Crippen molar-refractivity contribution >= 4 is 23.3 Å². The molecule has 5 heteroatoms. The molecule has 0 spiro atoms. The van der Waals surface area contributed by atoms with Gasteiger partial charge in [0.1, 0.15) is 11.6 Å². The predicted molar refractivity (Wildman–Crippen MR) is 96.3 cm³/mol. The molecule has 0 aromatic heterocycles. The maximum atomic E-state index is 12.1. The van der Waals surface area contributed by atoms with Crippen molar-refractivity contribution in [1.29, 1.82) is 0 Å². The molecular weight excluding hydrogens is 308 g/mol. The Morgan fingerprint density at radius 2 is 2.04 bits per heavy atom. The first kappa shape index (κ1) is 17.5. The fraction of sp³-hybridized carbons (Fsp3) is 0.444. The highest BCUT2D eigenvalue weighted by atomic mass is 32.1. The van der Waals surface area contributed by atoms with Crippen LogP contribution < -0.4 is 5.32 Å². The molecule has 1 aromatic carbocycles. The SMILES string of the molecule is C=C[C@@H](C)[C@H](NC(=O)OCc1ccccc1)C(=S)N1CCCC1. The highest BCUT2D eigenvalue weighted by Gasteiger charge is 2.27. The lowest BCUT2D eigenvalue weighted by Crippen LogP contribution is -2.49. The van der Waals surface area contributed by atoms with Gasteiger partial charge in [-0.1, -0.05) is 55.5 Å². The van der Waals surface area contributed by atoms with E-state index in [4.69, 9.17) is 17.0 Å². The molecule has 1 amide bonds. The maximum Gasteiger partial charge on any atom is 0.408 e. The molecule has 1 heterocycles. The van der Waals surface area contributed by atoms with E-state index in [1.165, 1.54) is 0 Å². The number of ether oxygens (including phenoxy) is 1. The Bertz CT molecular complexity index is 541. The first-order valence-corrected chi connectivity index (χ1v) is 8.41. The summed E-state index contributed by atoms with van der Waals surface area (Å²) in [5.74, 6) is 0.0485. The van der Waals surface area contributed by atoms with E-state index >= 15 is 0 Å². The highest BCUT2D eigenvalue weighted by Crippen LogP contribution is 2.15. The molecule has 1 N–H and O–H groups in total. The first-order valence-electron chi connectivity index (χ1n) is 8.00. The second-order valence-electron chi connectivity index (χ2n) is 5.81. The van der Waals surface area contributed by atoms with Crippen LogP contribution in [0, 0.1) is 5.92 Å². The zero-order valence-electron chi connectivity index (χ0n) is 13.5. The van der Waals surface area contributed by atoms with Crippen molar-refractivity contribution in [3.05, 3.63) is 48.6 Å². The zero-order valence-corrected chi connectivity index (χ0v) is 14.3. The van der Waals surface area contributed by atoms with Crippen LogP contribution in [0.25, 0.3) is 0 Å². The van der Waals surface area contributed by atoms with E-state index in [-0.39, 0.29) is 18.6 Å². The summed E-state index contributed by atoms with van der Waals surface area (Å²) in [6.07, 6.45) is 3.65. The van der Waals surface area contributed by atoms with Crippen LogP contribution in [0.5, 0.6) is 0 Å². The number of likely N-dealkylation sites (tertiary alicyclic amines) is 1. The Morgan fingerprint density at radius 1 is 1.39 bits per heavy atom. The van der Waals surface area contributed by atoms with Crippen LogP contribution in [0.1, 0.15) is 25.3 Å². The third-order valence-corrected chi connectivity index (χ3v) is 4.58. The number of nitrogens with zero attached hydrogens (tertiary/aromatic N) is 1. The first-order chi connectivity index (χ1) is 11.1. The summed E-state index contributed by atoms with van der Waals surface area (Å²) in [5.41, 5.74) is 0.957. The van der Waals surface area contributed by atoms with Crippen molar-refractivity contribution in [2.75, 3.05) is 13.1 Å². The van der Waals surface area contributed by atoms with Gasteiger partial charge in [0.15, 0.2) is 0 Å². The van der Waals surface area contributed by atoms with Crippen LogP contribution in [0.4, 0.5) is 4.79 Å². The molecule has 2 rings (SSSR count). The molecule has 0 saturated carbocycles. The maximum absolute atomic E-state index is 12.1. The molecule has 1 aromatic rings. The molecule has 124 valence electrons. The zero-order chi connectivity index (χ0) is 16.7. The van der Waals surface area contributed by atoms with E-state index in [0.29, 0.717) is 0 Å². The fourth-order valence-electron chi connectivity index (χ4n) is 2.58. The summed E-state index contributed by atoms with van der Waals surface area (Å²) in [4.78, 5) is 15.1. The van der Waals surface area contributed by atoms with Crippen molar-refractivity contribution in [2.24, 2.45) is 5.92 Å². The number of nitrogens with one attached hydrogen (secondary N) is 1. The van der Waals surface area contributed by atoms with Crippen LogP contribution in [0.15, 0.2) is 43.0 Å². The topological polar surface area (TPSA) is 41.6 Å². The summed E-state index contributed by atoms with van der Waals surface area (Å²) < 4.78 is 5.30. The van der Waals surface area contributed by atoms with Crippen LogP contribution in [0.3, 0.4) is 0 Å². The molecule has 0 bridgehead atoms. The minimum atomic E-state index is -0.450. The van der Waals surface area contributed by atoms with Gasteiger partial charge in [0.25, 0.3) is 0 Å². The Labute approximate surface area is 143 Å². The van der Waals surface area contributed by atoms with E-state index in [1.807, 2.05) is 43.3 Å². The lowest BCUT2D eigenvalue weighted by Gasteiger charge is -2.29. The van der Waals surface area contributed by atoms with Gasteiger partial charge in [0.2, 0.25) is 0 Å². The molecule has 2 atom stereocenters. The van der Waals surface area contributed by atoms with Crippen molar-refractivity contribution in [3.63, 3.8) is 0 Å². The van der Waals surface area contributed by atoms with Crippen LogP contribution in [-0.4, -0.2) is 35.1 Å². The molecular formula is C18H24N2O2S. The van der Waals surface area contributed by atoms with Crippen molar-refractivity contribution in [2.45, 2.75) is 32.4 Å². The standard InChI is InChI=1S/C18H24N2O2S/c1-3-14(2)16(17(23)20-11-7-8-12-20)19-18(21)22-13-15-9-5-4-6-10-15/h3-6,9-10,14,16H,1,7-8,11-13H2,2H3,(H,19,21)/t14-,16+/m1/s1. The lowest BCUT2D eigenvalue weighted by molar-refractivity contribution is 0.136. The Hall–Kier alpha value is -1.88. The average molecular weight is 332 g/mol. The van der Waals surface area contributed by atoms with Gasteiger partial charge < -0.3 is 15.0 Å². The molecule has 4 nitrogen and oxygen atoms in total. The van der Waals surface area contributed by atoms with Crippen molar-refractivity contribution in [3.8, 4) is 0 Å². The Morgan fingerprint density at radius 3 is 2.65 bits per heavy atom. The number of alkyl carbamates (subject to hydrolysis) is 1. The summed E-state index contributed by atoms with van der Waals surface area (Å²) in [6.45, 7) is 7.98. The number of amides is 1. The fourth-order valence-corrected chi connectivity index (χ4v) is 3.04. The van der Waals surface area contributed by atoms with Crippen LogP contribution in [0.2, 0.25) is 0 Å². The average Bonchev–Trinajstić information content (AvgIpc) is 3.12. The summed E-state index contributed by atoms with van der Waals surface area (Å²) in [7, 11) is 0. The molecule has 1 aliphatic rings. The van der Waals surface area contributed by atoms with Gasteiger partial charge in [-0.2, -0.15) is 0 Å². The van der Waals surface area contributed by atoms with E-state index in [2.05, 4.69) is 16.8 Å². The lowest BCUT2D eigenvalue weighted by atomic mass is 10.0. The molecule has 1 aliphatic heterocycles. The normalized spacial score (nSPS) is 16.5. The van der Waals surface area contributed by atoms with Crippen LogP contribution in [-0.2, 0) is 11.3 Å². The van der Waals surface area contributed by atoms with Crippen LogP contribution >= 0.6 is 12.2 Å². The molecule has 0 unspecified atom stereocenters. The van der Waals surface area contributed by atoms with Gasteiger partial charge >= 0.3 is 6.09 Å². The second-order valence-corrected chi connectivity index (χ2v) is 6.23. The van der Waals surface area contributed by atoms with E-state index in [0.717, 1.165) is 36.5 Å². The molecule has 0 radical (unpaired) electrons. The number of carbonyl (C=O) groups is 1. The van der Waals surface area contributed by atoms with Gasteiger partial charge in [-0.05, 0) is 18.4 Å². The third-order valence-electron chi connectivity index (χ3n) is 4.07. The highest BCUT2D eigenvalue weighted by molar-refractivity contribution is 7.80. The largest absolute Gasteiger partial charge is 0.445 e. The van der Waals surface area contributed by atoms with Crippen molar-refractivity contribution < 1.29 is 9.53 Å². The van der Waals surface area contributed by atoms with Gasteiger partial charge in [-0.25, -0.2) is 4.79 Å². The molecule has 1 fully saturated rings. The van der Waals surface area contributed by atoms with Crippen molar-refractivity contribution in [1.82, 2.24) is 10.2 Å². The van der Waals surface area contributed by atoms with Gasteiger partial charge in [-0.3, -0.25) is 0 Å². The summed E-state index contributed by atoms with van der Waals surface area (Å²) in [6, 6.07) is 9.35. The predicted octanol–water partition coefficient (Wildman–Crippen LogP) is 3.53. The number of benzene rings is 1. The second kappa shape index (κ2) is 8.67. The minimum Gasteiger partial charge on any atom is -0.445 e. The number of hydrogen-bond donors (Lipinski definition) is 1. The quantitative estimate of drug-likeness (QED) is 0.639.